The monoisotopic (exact) mass is 497 g/mol. The summed E-state index contributed by atoms with van der Waals surface area (Å²) in [7, 11) is 4.03. The molecule has 2 N–H and O–H groups in total. The van der Waals surface area contributed by atoms with Crippen LogP contribution in [-0.4, -0.2) is 36.6 Å². The summed E-state index contributed by atoms with van der Waals surface area (Å²) in [6, 6.07) is 8.55. The Bertz CT molecular complexity index is 1050. The predicted molar refractivity (Wildman–Crippen MR) is 134 cm³/mol. The highest BCUT2D eigenvalue weighted by atomic mass is 35.5. The molecule has 0 aliphatic heterocycles. The zero-order valence-corrected chi connectivity index (χ0v) is 20.7. The van der Waals surface area contributed by atoms with Gasteiger partial charge in [0.1, 0.15) is 10.2 Å². The zero-order chi connectivity index (χ0) is 22.0. The quantitative estimate of drug-likeness (QED) is 0.390. The van der Waals surface area contributed by atoms with Crippen molar-refractivity contribution in [1.82, 2.24) is 15.3 Å². The second-order valence-electron chi connectivity index (χ2n) is 8.20. The minimum atomic E-state index is 0.400. The maximum absolute atomic E-state index is 6.23. The molecule has 1 aliphatic rings. The van der Waals surface area contributed by atoms with Gasteiger partial charge >= 0.3 is 0 Å². The molecule has 1 saturated carbocycles. The minimum Gasteiger partial charge on any atom is -0.362 e. The molecule has 2 heterocycles. The largest absolute Gasteiger partial charge is 0.362 e. The first kappa shape index (κ1) is 22.9. The van der Waals surface area contributed by atoms with Crippen molar-refractivity contribution in [2.45, 2.75) is 38.3 Å². The van der Waals surface area contributed by atoms with Crippen LogP contribution in [0.5, 0.6) is 0 Å². The second kappa shape index (κ2) is 10.1. The highest BCUT2D eigenvalue weighted by Crippen LogP contribution is 2.40. The van der Waals surface area contributed by atoms with Crippen LogP contribution in [0.3, 0.4) is 0 Å². The lowest BCUT2D eigenvalue weighted by atomic mass is 9.86. The fraction of sp³-hybridized carbons (Fsp3) is 0.455. The van der Waals surface area contributed by atoms with E-state index in [1.54, 1.807) is 0 Å². The number of benzene rings is 1. The highest BCUT2D eigenvalue weighted by Gasteiger charge is 2.22. The molecule has 9 heteroatoms. The number of nitrogens with one attached hydrogen (secondary N) is 2. The first-order valence-electron chi connectivity index (χ1n) is 10.5. The van der Waals surface area contributed by atoms with E-state index in [1.807, 2.05) is 37.2 Å². The normalized spacial score (nSPS) is 19.0. The lowest BCUT2D eigenvalue weighted by Crippen LogP contribution is -2.31. The van der Waals surface area contributed by atoms with Gasteiger partial charge in [0.2, 0.25) is 5.95 Å². The van der Waals surface area contributed by atoms with Gasteiger partial charge in [-0.05, 0) is 50.3 Å². The van der Waals surface area contributed by atoms with E-state index in [2.05, 4.69) is 16.7 Å². The molecule has 1 aliphatic carbocycles. The number of rotatable bonds is 7. The number of halogens is 3. The number of aromatic nitrogens is 2. The van der Waals surface area contributed by atoms with Crippen molar-refractivity contribution in [1.29, 1.82) is 0 Å². The third kappa shape index (κ3) is 5.37. The van der Waals surface area contributed by atoms with Crippen molar-refractivity contribution < 1.29 is 0 Å². The molecule has 166 valence electrons. The number of nitrogens with zero attached hydrogens (tertiary/aromatic N) is 3. The zero-order valence-electron chi connectivity index (χ0n) is 17.6. The number of para-hydroxylation sites is 1. The molecule has 5 nitrogen and oxygen atoms in total. The molecule has 1 fully saturated rings. The Morgan fingerprint density at radius 2 is 1.77 bits per heavy atom. The van der Waals surface area contributed by atoms with Gasteiger partial charge in [-0.3, -0.25) is 0 Å². The van der Waals surface area contributed by atoms with Crippen molar-refractivity contribution in [2.75, 3.05) is 30.9 Å². The number of hydrogen-bond acceptors (Lipinski definition) is 6. The maximum atomic E-state index is 6.23. The van der Waals surface area contributed by atoms with Crippen LogP contribution in [0.25, 0.3) is 10.9 Å². The van der Waals surface area contributed by atoms with Gasteiger partial charge in [0, 0.05) is 36.9 Å². The Kier molecular flexibility index (Phi) is 7.44. The van der Waals surface area contributed by atoms with Gasteiger partial charge in [-0.2, -0.15) is 4.98 Å². The van der Waals surface area contributed by atoms with Crippen LogP contribution in [0.2, 0.25) is 14.4 Å². The Balaban J connectivity index is 1.30. The van der Waals surface area contributed by atoms with Crippen molar-refractivity contribution in [3.63, 3.8) is 0 Å². The molecule has 3 aromatic rings. The number of thiophene rings is 1. The van der Waals surface area contributed by atoms with Gasteiger partial charge in [0.25, 0.3) is 0 Å². The van der Waals surface area contributed by atoms with Crippen molar-refractivity contribution in [3.05, 3.63) is 43.5 Å². The topological polar surface area (TPSA) is 53.1 Å². The predicted octanol–water partition coefficient (Wildman–Crippen LogP) is 6.48. The standard InChI is InChI=1S/C22H26Cl3N5S/c1-30(2)21-15-5-3-4-6-16(15)28-22(29-21)27-14-9-7-13(8-10-14)11-26-12-17-18(23)19(24)20(25)31-17/h3-6,13-14,26H,7-12H2,1-2H3,(H,27,28,29)/t13-,14+. The molecule has 2 aromatic heterocycles. The molecule has 0 spiro atoms. The first-order chi connectivity index (χ1) is 14.9. The summed E-state index contributed by atoms with van der Waals surface area (Å²) in [5.41, 5.74) is 0.967. The highest BCUT2D eigenvalue weighted by molar-refractivity contribution is 7.17. The first-order valence-corrected chi connectivity index (χ1v) is 12.4. The van der Waals surface area contributed by atoms with E-state index in [9.17, 15) is 0 Å². The smallest absolute Gasteiger partial charge is 0.225 e. The van der Waals surface area contributed by atoms with Crippen LogP contribution in [0.4, 0.5) is 11.8 Å². The van der Waals surface area contributed by atoms with Gasteiger partial charge < -0.3 is 15.5 Å². The van der Waals surface area contributed by atoms with E-state index in [4.69, 9.17) is 44.8 Å². The fourth-order valence-electron chi connectivity index (χ4n) is 4.07. The SMILES string of the molecule is CN(C)c1nc(N[C@H]2CC[C@@H](CNCc3sc(Cl)c(Cl)c3Cl)CC2)nc2ccccc12. The molecule has 0 bridgehead atoms. The van der Waals surface area contributed by atoms with Gasteiger partial charge in [-0.25, -0.2) is 4.98 Å². The summed E-state index contributed by atoms with van der Waals surface area (Å²) in [6.07, 6.45) is 4.55. The van der Waals surface area contributed by atoms with Gasteiger partial charge in [-0.1, -0.05) is 46.9 Å². The van der Waals surface area contributed by atoms with Crippen LogP contribution in [0.1, 0.15) is 30.6 Å². The van der Waals surface area contributed by atoms with Crippen LogP contribution < -0.4 is 15.5 Å². The Morgan fingerprint density at radius 3 is 2.45 bits per heavy atom. The lowest BCUT2D eigenvalue weighted by molar-refractivity contribution is 0.324. The summed E-state index contributed by atoms with van der Waals surface area (Å²) in [4.78, 5) is 12.5. The van der Waals surface area contributed by atoms with Crippen LogP contribution in [0, 0.1) is 5.92 Å². The van der Waals surface area contributed by atoms with Crippen LogP contribution >= 0.6 is 46.1 Å². The molecule has 0 saturated heterocycles. The minimum absolute atomic E-state index is 0.400. The Hall–Kier alpha value is -1.31. The van der Waals surface area contributed by atoms with E-state index in [0.29, 0.717) is 38.8 Å². The third-order valence-corrected chi connectivity index (χ3v) is 8.34. The molecule has 4 rings (SSSR count). The Morgan fingerprint density at radius 1 is 1.03 bits per heavy atom. The second-order valence-corrected chi connectivity index (χ2v) is 10.7. The van der Waals surface area contributed by atoms with Crippen molar-refractivity contribution in [3.8, 4) is 0 Å². The summed E-state index contributed by atoms with van der Waals surface area (Å²) >= 11 is 19.8. The van der Waals surface area contributed by atoms with Gasteiger partial charge in [0.15, 0.2) is 0 Å². The van der Waals surface area contributed by atoms with E-state index >= 15 is 0 Å². The molecule has 1 aromatic carbocycles. The average Bonchev–Trinajstić information content (AvgIpc) is 3.01. The van der Waals surface area contributed by atoms with E-state index in [1.165, 1.54) is 24.2 Å². The van der Waals surface area contributed by atoms with E-state index < -0.39 is 0 Å². The molecular weight excluding hydrogens is 473 g/mol. The van der Waals surface area contributed by atoms with E-state index in [0.717, 1.165) is 41.0 Å². The number of hydrogen-bond donors (Lipinski definition) is 2. The molecule has 31 heavy (non-hydrogen) atoms. The molecule has 0 unspecified atom stereocenters. The summed E-state index contributed by atoms with van der Waals surface area (Å²) in [5.74, 6) is 2.31. The fourth-order valence-corrected chi connectivity index (χ4v) is 5.88. The molecule has 0 atom stereocenters. The maximum Gasteiger partial charge on any atom is 0.225 e. The van der Waals surface area contributed by atoms with Crippen molar-refractivity contribution in [2.24, 2.45) is 5.92 Å². The molecule has 0 radical (unpaired) electrons. The third-order valence-electron chi connectivity index (χ3n) is 5.73. The molecule has 0 amide bonds. The summed E-state index contributed by atoms with van der Waals surface area (Å²) in [6.45, 7) is 1.67. The lowest BCUT2D eigenvalue weighted by Gasteiger charge is -2.29. The van der Waals surface area contributed by atoms with Gasteiger partial charge in [0.05, 0.1) is 15.6 Å². The average molecular weight is 499 g/mol. The summed E-state index contributed by atoms with van der Waals surface area (Å²) in [5, 5.41) is 9.20. The summed E-state index contributed by atoms with van der Waals surface area (Å²) < 4.78 is 0.559. The Labute approximate surface area is 202 Å². The number of fused-ring (bicyclic) bond motifs is 1. The number of anilines is 2. The molecular formula is C22H26Cl3N5S. The van der Waals surface area contributed by atoms with Gasteiger partial charge in [-0.15, -0.1) is 11.3 Å². The van der Waals surface area contributed by atoms with E-state index in [-0.39, 0.29) is 0 Å². The van der Waals surface area contributed by atoms with Crippen LogP contribution in [-0.2, 0) is 6.54 Å². The van der Waals surface area contributed by atoms with Crippen molar-refractivity contribution >= 4 is 68.8 Å². The van der Waals surface area contributed by atoms with Crippen LogP contribution in [0.15, 0.2) is 24.3 Å².